The summed E-state index contributed by atoms with van der Waals surface area (Å²) in [5.74, 6) is -0.806. The van der Waals surface area contributed by atoms with E-state index in [-0.39, 0.29) is 5.03 Å². The van der Waals surface area contributed by atoms with Gasteiger partial charge in [0.15, 0.2) is 5.03 Å². The molecule has 0 bridgehead atoms. The number of carbonyl (C=O) groups is 1. The number of aromatic nitrogens is 1. The number of hydrogen-bond acceptors (Lipinski definition) is 5. The molecule has 1 aromatic heterocycles. The van der Waals surface area contributed by atoms with Crippen molar-refractivity contribution in [3.8, 4) is 0 Å². The first-order chi connectivity index (χ1) is 7.63. The van der Waals surface area contributed by atoms with Crippen molar-refractivity contribution in [3.63, 3.8) is 0 Å². The molecule has 0 radical (unpaired) electrons. The van der Waals surface area contributed by atoms with Gasteiger partial charge in [0, 0.05) is 6.20 Å². The Kier molecular flexibility index (Phi) is 3.56. The Balaban J connectivity index is 2.98. The van der Waals surface area contributed by atoms with Gasteiger partial charge in [-0.3, -0.25) is 4.79 Å². The van der Waals surface area contributed by atoms with Crippen LogP contribution in [0.4, 0.5) is 0 Å². The van der Waals surface area contributed by atoms with Crippen molar-refractivity contribution in [2.45, 2.75) is 32.7 Å². The van der Waals surface area contributed by atoms with Gasteiger partial charge in [-0.1, -0.05) is 6.07 Å². The first-order valence-electron chi connectivity index (χ1n) is 5.04. The second-order valence-corrected chi connectivity index (χ2v) is 6.24. The van der Waals surface area contributed by atoms with E-state index in [1.165, 1.54) is 12.3 Å². The Morgan fingerprint density at radius 2 is 1.88 bits per heavy atom. The van der Waals surface area contributed by atoms with Gasteiger partial charge in [0.1, 0.15) is 0 Å². The number of nitrogens with zero attached hydrogens (tertiary/aromatic N) is 1. The van der Waals surface area contributed by atoms with Gasteiger partial charge >= 0.3 is 16.1 Å². The lowest BCUT2D eigenvalue weighted by Gasteiger charge is -2.15. The third kappa shape index (κ3) is 3.52. The van der Waals surface area contributed by atoms with Crippen molar-refractivity contribution in [1.82, 2.24) is 4.98 Å². The third-order valence-electron chi connectivity index (χ3n) is 1.94. The number of pyridine rings is 1. The van der Waals surface area contributed by atoms with E-state index in [1.54, 1.807) is 33.8 Å². The number of aryl methyl sites for hydroxylation is 1. The summed E-state index contributed by atoms with van der Waals surface area (Å²) in [4.78, 5) is 15.2. The first kappa shape index (κ1) is 13.6. The molecule has 0 aliphatic carbocycles. The van der Waals surface area contributed by atoms with Crippen LogP contribution in [-0.2, 0) is 19.1 Å². The van der Waals surface area contributed by atoms with Crippen LogP contribution in [0.25, 0.3) is 0 Å². The molecule has 0 fully saturated rings. The monoisotopic (exact) mass is 257 g/mol. The summed E-state index contributed by atoms with van der Waals surface area (Å²) in [7, 11) is -4.12. The minimum Gasteiger partial charge on any atom is -0.341 e. The highest BCUT2D eigenvalue weighted by Crippen LogP contribution is 2.19. The van der Waals surface area contributed by atoms with Crippen molar-refractivity contribution in [1.29, 1.82) is 0 Å². The van der Waals surface area contributed by atoms with Crippen LogP contribution in [0, 0.1) is 12.3 Å². The highest BCUT2D eigenvalue weighted by Gasteiger charge is 2.30. The van der Waals surface area contributed by atoms with Crippen LogP contribution < -0.4 is 0 Å². The van der Waals surface area contributed by atoms with Crippen molar-refractivity contribution in [3.05, 3.63) is 23.9 Å². The molecular weight excluding hydrogens is 242 g/mol. The topological polar surface area (TPSA) is 73.3 Å². The van der Waals surface area contributed by atoms with E-state index >= 15 is 0 Å². The van der Waals surface area contributed by atoms with Crippen molar-refractivity contribution >= 4 is 16.1 Å². The van der Waals surface area contributed by atoms with Gasteiger partial charge < -0.3 is 4.18 Å². The lowest BCUT2D eigenvalue weighted by Crippen LogP contribution is -2.26. The van der Waals surface area contributed by atoms with Gasteiger partial charge in [-0.15, -0.1) is 0 Å². The van der Waals surface area contributed by atoms with Gasteiger partial charge in [0.05, 0.1) is 5.41 Å². The molecule has 6 heteroatoms. The molecule has 17 heavy (non-hydrogen) atoms. The van der Waals surface area contributed by atoms with Crippen LogP contribution in [0.1, 0.15) is 26.3 Å². The molecule has 0 N–H and O–H groups in total. The fourth-order valence-electron chi connectivity index (χ4n) is 0.869. The Labute approximate surface area is 101 Å². The van der Waals surface area contributed by atoms with E-state index < -0.39 is 21.5 Å². The normalized spacial score (nSPS) is 12.2. The molecule has 1 rings (SSSR count). The average molecular weight is 257 g/mol. The SMILES string of the molecule is Cc1ccc(S(=O)(=O)OC(=O)C(C)(C)C)nc1. The zero-order valence-corrected chi connectivity index (χ0v) is 11.0. The Hall–Kier alpha value is -1.43. The van der Waals surface area contributed by atoms with Crippen LogP contribution in [-0.4, -0.2) is 19.4 Å². The predicted octanol–water partition coefficient (Wildman–Crippen LogP) is 1.67. The largest absolute Gasteiger partial charge is 0.359 e. The van der Waals surface area contributed by atoms with Gasteiger partial charge in [0.2, 0.25) is 0 Å². The van der Waals surface area contributed by atoms with Crippen molar-refractivity contribution < 1.29 is 17.4 Å². The lowest BCUT2D eigenvalue weighted by molar-refractivity contribution is -0.142. The predicted molar refractivity (Wildman–Crippen MR) is 61.7 cm³/mol. The molecule has 0 saturated carbocycles. The standard InChI is InChI=1S/C11H15NO4S/c1-8-5-6-9(12-7-8)17(14,15)16-10(13)11(2,3)4/h5-7H,1-4H3. The van der Waals surface area contributed by atoms with E-state index in [0.717, 1.165) is 5.56 Å². The Bertz CT molecular complexity index is 511. The average Bonchev–Trinajstić information content (AvgIpc) is 2.16. The van der Waals surface area contributed by atoms with E-state index in [2.05, 4.69) is 9.17 Å². The maximum absolute atomic E-state index is 11.7. The molecule has 1 heterocycles. The van der Waals surface area contributed by atoms with Crippen molar-refractivity contribution in [2.75, 3.05) is 0 Å². The second-order valence-electron chi connectivity index (χ2n) is 4.75. The smallest absolute Gasteiger partial charge is 0.341 e. The van der Waals surface area contributed by atoms with Gasteiger partial charge in [-0.25, -0.2) is 4.98 Å². The van der Waals surface area contributed by atoms with E-state index in [0.29, 0.717) is 0 Å². The second kappa shape index (κ2) is 4.44. The minimum atomic E-state index is -4.12. The quantitative estimate of drug-likeness (QED) is 0.753. The van der Waals surface area contributed by atoms with Gasteiger partial charge in [-0.05, 0) is 39.3 Å². The molecule has 0 aliphatic heterocycles. The molecule has 0 spiro atoms. The van der Waals surface area contributed by atoms with Gasteiger partial charge in [0.25, 0.3) is 0 Å². The van der Waals surface area contributed by atoms with Crippen LogP contribution in [0.5, 0.6) is 0 Å². The summed E-state index contributed by atoms with van der Waals surface area (Å²) in [5.41, 5.74) is -0.0521. The molecule has 94 valence electrons. The Morgan fingerprint density at radius 3 is 2.29 bits per heavy atom. The highest BCUT2D eigenvalue weighted by atomic mass is 32.2. The zero-order chi connectivity index (χ0) is 13.3. The molecular formula is C11H15NO4S. The van der Waals surface area contributed by atoms with E-state index in [9.17, 15) is 13.2 Å². The zero-order valence-electron chi connectivity index (χ0n) is 10.2. The summed E-state index contributed by atoms with van der Waals surface area (Å²) in [6, 6.07) is 2.89. The Morgan fingerprint density at radius 1 is 1.29 bits per heavy atom. The van der Waals surface area contributed by atoms with E-state index in [1.807, 2.05) is 0 Å². The molecule has 0 atom stereocenters. The first-order valence-corrected chi connectivity index (χ1v) is 6.45. The maximum Gasteiger partial charge on any atom is 0.359 e. The molecule has 0 aromatic carbocycles. The van der Waals surface area contributed by atoms with E-state index in [4.69, 9.17) is 0 Å². The molecule has 1 aromatic rings. The molecule has 0 unspecified atom stereocenters. The third-order valence-corrected chi connectivity index (χ3v) is 3.06. The maximum atomic E-state index is 11.7. The molecule has 5 nitrogen and oxygen atoms in total. The van der Waals surface area contributed by atoms with Crippen molar-refractivity contribution in [2.24, 2.45) is 5.41 Å². The molecule has 0 amide bonds. The number of hydrogen-bond donors (Lipinski definition) is 0. The summed E-state index contributed by atoms with van der Waals surface area (Å²) < 4.78 is 27.9. The highest BCUT2D eigenvalue weighted by molar-refractivity contribution is 7.87. The number of carbonyl (C=O) groups excluding carboxylic acids is 1. The summed E-state index contributed by atoms with van der Waals surface area (Å²) >= 11 is 0. The van der Waals surface area contributed by atoms with Crippen LogP contribution in [0.15, 0.2) is 23.4 Å². The van der Waals surface area contributed by atoms with Crippen LogP contribution >= 0.6 is 0 Å². The summed E-state index contributed by atoms with van der Waals surface area (Å²) in [6.07, 6.45) is 1.40. The van der Waals surface area contributed by atoms with Crippen LogP contribution in [0.3, 0.4) is 0 Å². The summed E-state index contributed by atoms with van der Waals surface area (Å²) in [5, 5.41) is -0.263. The fourth-order valence-corrected chi connectivity index (χ4v) is 1.82. The number of rotatable bonds is 2. The molecule has 0 aliphatic rings. The fraction of sp³-hybridized carbons (Fsp3) is 0.455. The molecule has 0 saturated heterocycles. The van der Waals surface area contributed by atoms with Crippen LogP contribution in [0.2, 0.25) is 0 Å². The lowest BCUT2D eigenvalue weighted by atomic mass is 9.98. The summed E-state index contributed by atoms with van der Waals surface area (Å²) in [6.45, 7) is 6.51. The minimum absolute atomic E-state index is 0.263. The van der Waals surface area contributed by atoms with Gasteiger partial charge in [-0.2, -0.15) is 8.42 Å².